The number of rotatable bonds is 2. The number of nitrogens with zero attached hydrogens (tertiary/aromatic N) is 2. The maximum absolute atomic E-state index is 12.8. The summed E-state index contributed by atoms with van der Waals surface area (Å²) in [6.07, 6.45) is -0.260. The van der Waals surface area contributed by atoms with Crippen LogP contribution in [0.5, 0.6) is 0 Å². The van der Waals surface area contributed by atoms with E-state index in [1.54, 1.807) is 17.9 Å². The second kappa shape index (κ2) is 5.98. The normalized spacial score (nSPS) is 20.5. The van der Waals surface area contributed by atoms with Gasteiger partial charge in [0.2, 0.25) is 5.76 Å². The highest BCUT2D eigenvalue weighted by Gasteiger charge is 2.40. The lowest BCUT2D eigenvalue weighted by molar-refractivity contribution is -0.0855. The average molecular weight is 335 g/mol. The molecule has 1 atom stereocenters. The van der Waals surface area contributed by atoms with Crippen LogP contribution in [0.2, 0.25) is 5.02 Å². The Hall–Kier alpha value is -1.85. The number of amides is 1. The van der Waals surface area contributed by atoms with Gasteiger partial charge in [-0.25, -0.2) is 0 Å². The summed E-state index contributed by atoms with van der Waals surface area (Å²) < 4.78 is 11.1. The number of aryl methyl sites for hydroxylation is 1. The molecular formula is C17H19ClN2O3. The molecule has 2 aromatic rings. The molecule has 0 spiro atoms. The van der Waals surface area contributed by atoms with Gasteiger partial charge in [-0.3, -0.25) is 4.79 Å². The van der Waals surface area contributed by atoms with Crippen LogP contribution in [0.15, 0.2) is 34.9 Å². The van der Waals surface area contributed by atoms with Crippen LogP contribution in [-0.4, -0.2) is 34.7 Å². The second-order valence-electron chi connectivity index (χ2n) is 6.38. The van der Waals surface area contributed by atoms with E-state index in [9.17, 15) is 4.79 Å². The van der Waals surface area contributed by atoms with Gasteiger partial charge in [0.1, 0.15) is 6.10 Å². The molecule has 1 amide bonds. The zero-order valence-corrected chi connectivity index (χ0v) is 14.1. The number of benzene rings is 1. The molecule has 0 saturated carbocycles. The number of hydrogen-bond acceptors (Lipinski definition) is 4. The molecule has 0 N–H and O–H groups in total. The molecule has 6 heteroatoms. The van der Waals surface area contributed by atoms with Gasteiger partial charge in [0, 0.05) is 16.7 Å². The fourth-order valence-corrected chi connectivity index (χ4v) is 2.99. The third kappa shape index (κ3) is 3.12. The summed E-state index contributed by atoms with van der Waals surface area (Å²) in [7, 11) is 0. The Morgan fingerprint density at radius 1 is 1.39 bits per heavy atom. The predicted octanol–water partition coefficient (Wildman–Crippen LogP) is 3.63. The van der Waals surface area contributed by atoms with Crippen molar-refractivity contribution in [2.24, 2.45) is 0 Å². The largest absolute Gasteiger partial charge is 0.369 e. The Bertz CT molecular complexity index is 726. The van der Waals surface area contributed by atoms with Crippen molar-refractivity contribution in [2.75, 3.05) is 13.2 Å². The van der Waals surface area contributed by atoms with Crippen LogP contribution in [0.3, 0.4) is 0 Å². The Kier molecular flexibility index (Phi) is 4.17. The van der Waals surface area contributed by atoms with Gasteiger partial charge in [-0.1, -0.05) is 35.0 Å². The average Bonchev–Trinajstić information content (AvgIpc) is 2.94. The van der Waals surface area contributed by atoms with E-state index in [0.717, 1.165) is 5.56 Å². The highest BCUT2D eigenvalue weighted by atomic mass is 35.5. The maximum atomic E-state index is 12.8. The zero-order chi connectivity index (χ0) is 16.6. The molecule has 122 valence electrons. The molecule has 2 heterocycles. The lowest BCUT2D eigenvalue weighted by atomic mass is 9.97. The highest BCUT2D eigenvalue weighted by Crippen LogP contribution is 2.34. The Labute approximate surface area is 140 Å². The van der Waals surface area contributed by atoms with E-state index >= 15 is 0 Å². The van der Waals surface area contributed by atoms with E-state index in [0.29, 0.717) is 23.9 Å². The van der Waals surface area contributed by atoms with Crippen molar-refractivity contribution in [1.29, 1.82) is 0 Å². The van der Waals surface area contributed by atoms with Gasteiger partial charge in [-0.05, 0) is 26.8 Å². The Morgan fingerprint density at radius 3 is 2.78 bits per heavy atom. The molecule has 1 aromatic carbocycles. The minimum Gasteiger partial charge on any atom is -0.369 e. The van der Waals surface area contributed by atoms with Crippen LogP contribution >= 0.6 is 11.6 Å². The summed E-state index contributed by atoms with van der Waals surface area (Å²) in [4.78, 5) is 14.6. The first kappa shape index (κ1) is 16.0. The van der Waals surface area contributed by atoms with E-state index in [1.165, 1.54) is 0 Å². The molecule has 23 heavy (non-hydrogen) atoms. The zero-order valence-electron chi connectivity index (χ0n) is 13.4. The van der Waals surface area contributed by atoms with Crippen molar-refractivity contribution in [3.63, 3.8) is 0 Å². The van der Waals surface area contributed by atoms with E-state index < -0.39 is 5.54 Å². The molecule has 0 radical (unpaired) electrons. The molecule has 5 nitrogen and oxygen atoms in total. The summed E-state index contributed by atoms with van der Waals surface area (Å²) in [5.41, 5.74) is 1.13. The van der Waals surface area contributed by atoms with Gasteiger partial charge in [-0.15, -0.1) is 0 Å². The summed E-state index contributed by atoms with van der Waals surface area (Å²) in [6.45, 7) is 6.56. The number of carbonyl (C=O) groups excluding carboxylic acids is 1. The van der Waals surface area contributed by atoms with Crippen LogP contribution < -0.4 is 0 Å². The standard InChI is InChI=1S/C17H19ClN2O3/c1-11-8-14(23-19-11)16(21)20-9-15(22-10-17(20,2)3)12-6-4-5-7-13(12)18/h4-8,15H,9-10H2,1-3H3/t15-/m1/s1. The number of hydrogen-bond donors (Lipinski definition) is 0. The highest BCUT2D eigenvalue weighted by molar-refractivity contribution is 6.31. The van der Waals surface area contributed by atoms with Gasteiger partial charge < -0.3 is 14.2 Å². The number of halogens is 1. The molecule has 3 rings (SSSR count). The number of morpholine rings is 1. The number of ether oxygens (including phenoxy) is 1. The molecule has 1 saturated heterocycles. The minimum atomic E-state index is -0.435. The maximum Gasteiger partial charge on any atom is 0.293 e. The first-order valence-corrected chi connectivity index (χ1v) is 7.87. The Morgan fingerprint density at radius 2 is 2.13 bits per heavy atom. The first-order chi connectivity index (χ1) is 10.9. The van der Waals surface area contributed by atoms with Crippen molar-refractivity contribution >= 4 is 17.5 Å². The minimum absolute atomic E-state index is 0.184. The molecule has 1 aliphatic rings. The van der Waals surface area contributed by atoms with Crippen molar-refractivity contribution in [2.45, 2.75) is 32.4 Å². The van der Waals surface area contributed by atoms with Crippen LogP contribution in [0, 0.1) is 6.92 Å². The summed E-state index contributed by atoms with van der Waals surface area (Å²) >= 11 is 6.26. The van der Waals surface area contributed by atoms with Gasteiger partial charge in [0.15, 0.2) is 0 Å². The van der Waals surface area contributed by atoms with Crippen molar-refractivity contribution < 1.29 is 14.1 Å². The topological polar surface area (TPSA) is 55.6 Å². The van der Waals surface area contributed by atoms with Crippen LogP contribution in [0.1, 0.15) is 41.8 Å². The lowest BCUT2D eigenvalue weighted by Crippen LogP contribution is -2.56. The first-order valence-electron chi connectivity index (χ1n) is 7.50. The van der Waals surface area contributed by atoms with Crippen molar-refractivity contribution in [3.05, 3.63) is 52.4 Å². The van der Waals surface area contributed by atoms with E-state index in [4.69, 9.17) is 20.9 Å². The third-order valence-electron chi connectivity index (χ3n) is 4.05. The summed E-state index contributed by atoms with van der Waals surface area (Å²) in [6, 6.07) is 9.19. The number of aromatic nitrogens is 1. The second-order valence-corrected chi connectivity index (χ2v) is 6.79. The molecule has 1 aliphatic heterocycles. The fraction of sp³-hybridized carbons (Fsp3) is 0.412. The predicted molar refractivity (Wildman–Crippen MR) is 86.5 cm³/mol. The van der Waals surface area contributed by atoms with E-state index in [1.807, 2.05) is 38.1 Å². The van der Waals surface area contributed by atoms with Gasteiger partial charge in [0.05, 0.1) is 24.4 Å². The smallest absolute Gasteiger partial charge is 0.293 e. The summed E-state index contributed by atoms with van der Waals surface area (Å²) in [5, 5.41) is 4.44. The van der Waals surface area contributed by atoms with Crippen LogP contribution in [0.4, 0.5) is 0 Å². The third-order valence-corrected chi connectivity index (χ3v) is 4.40. The van der Waals surface area contributed by atoms with Gasteiger partial charge in [0.25, 0.3) is 5.91 Å². The summed E-state index contributed by atoms with van der Waals surface area (Å²) in [5.74, 6) is 0.0614. The lowest BCUT2D eigenvalue weighted by Gasteiger charge is -2.45. The quantitative estimate of drug-likeness (QED) is 0.841. The molecule has 0 aliphatic carbocycles. The van der Waals surface area contributed by atoms with Gasteiger partial charge >= 0.3 is 0 Å². The molecule has 1 fully saturated rings. The number of carbonyl (C=O) groups is 1. The van der Waals surface area contributed by atoms with Crippen LogP contribution in [0.25, 0.3) is 0 Å². The van der Waals surface area contributed by atoms with Crippen molar-refractivity contribution in [1.82, 2.24) is 10.1 Å². The SMILES string of the molecule is Cc1cc(C(=O)N2C[C@H](c3ccccc3Cl)OCC2(C)C)on1. The van der Waals surface area contributed by atoms with E-state index in [-0.39, 0.29) is 17.8 Å². The molecule has 0 unspecified atom stereocenters. The fourth-order valence-electron chi connectivity index (χ4n) is 2.73. The molecule has 0 bridgehead atoms. The molecular weight excluding hydrogens is 316 g/mol. The molecule has 1 aromatic heterocycles. The van der Waals surface area contributed by atoms with Crippen molar-refractivity contribution in [3.8, 4) is 0 Å². The van der Waals surface area contributed by atoms with E-state index in [2.05, 4.69) is 5.16 Å². The van der Waals surface area contributed by atoms with Crippen LogP contribution in [-0.2, 0) is 4.74 Å². The monoisotopic (exact) mass is 334 g/mol. The Balaban J connectivity index is 1.88. The van der Waals surface area contributed by atoms with Gasteiger partial charge in [-0.2, -0.15) is 0 Å².